The summed E-state index contributed by atoms with van der Waals surface area (Å²) in [4.78, 5) is 22.2. The van der Waals surface area contributed by atoms with E-state index in [1.165, 1.54) is 0 Å². The van der Waals surface area contributed by atoms with Crippen molar-refractivity contribution in [2.75, 3.05) is 38.1 Å². The third-order valence-electron chi connectivity index (χ3n) is 5.44. The Balaban J connectivity index is 1.81. The molecule has 8 nitrogen and oxygen atoms in total. The van der Waals surface area contributed by atoms with Gasteiger partial charge in [-0.05, 0) is 41.1 Å². The van der Waals surface area contributed by atoms with Crippen molar-refractivity contribution in [3.8, 4) is 22.9 Å². The van der Waals surface area contributed by atoms with Crippen LogP contribution in [0.4, 0.5) is 21.4 Å². The lowest BCUT2D eigenvalue weighted by Crippen LogP contribution is -2.15. The predicted octanol–water partition coefficient (Wildman–Crippen LogP) is 5.76. The van der Waals surface area contributed by atoms with E-state index in [2.05, 4.69) is 36.9 Å². The van der Waals surface area contributed by atoms with E-state index in [4.69, 9.17) is 14.5 Å². The quantitative estimate of drug-likeness (QED) is 0.285. The van der Waals surface area contributed by atoms with E-state index < -0.39 is 0 Å². The Bertz CT molecular complexity index is 1420. The number of nitrogens with zero attached hydrogens (tertiary/aromatic N) is 6. The number of hydrogen-bond acceptors (Lipinski definition) is 10. The topological polar surface area (TPSA) is 76.5 Å². The van der Waals surface area contributed by atoms with Gasteiger partial charge in [-0.2, -0.15) is 0 Å². The van der Waals surface area contributed by atoms with Gasteiger partial charge in [0, 0.05) is 32.1 Å². The van der Waals surface area contributed by atoms with Gasteiger partial charge in [-0.1, -0.05) is 0 Å². The van der Waals surface area contributed by atoms with Crippen molar-refractivity contribution in [2.24, 2.45) is 0 Å². The monoisotopic (exact) mass is 490 g/mol. The minimum atomic E-state index is 0.521. The number of hydrogen-bond donors (Lipinski definition) is 0. The minimum absolute atomic E-state index is 0.521. The second kappa shape index (κ2) is 9.24. The van der Waals surface area contributed by atoms with Gasteiger partial charge in [-0.15, -0.1) is 22.7 Å². The van der Waals surface area contributed by atoms with Crippen molar-refractivity contribution >= 4 is 55.2 Å². The summed E-state index contributed by atoms with van der Waals surface area (Å²) < 4.78 is 11.9. The Morgan fingerprint density at radius 2 is 1.50 bits per heavy atom. The van der Waals surface area contributed by atoms with Gasteiger partial charge in [-0.25, -0.2) is 19.9 Å². The Morgan fingerprint density at radius 3 is 2.15 bits per heavy atom. The van der Waals surface area contributed by atoms with Gasteiger partial charge in [0.15, 0.2) is 23.0 Å². The summed E-state index contributed by atoms with van der Waals surface area (Å²) in [5, 5.41) is 6.19. The molecule has 4 heterocycles. The second-order valence-electron chi connectivity index (χ2n) is 7.34. The van der Waals surface area contributed by atoms with Gasteiger partial charge in [0.25, 0.3) is 0 Å². The average molecular weight is 491 g/mol. The van der Waals surface area contributed by atoms with Crippen LogP contribution in [0.2, 0.25) is 0 Å². The Labute approximate surface area is 205 Å². The standard InChI is InChI=1S/C24H22N6O2S2/c1-29(18-7-5-11-33-18)17-13-15(23-27-14-16-24(28-23)26-10-9-25-16)20(22(32-4)21(17)31-3)30(2)19-8-6-12-34-19/h5-14H,1-4H3. The lowest BCUT2D eigenvalue weighted by Gasteiger charge is -2.28. The molecule has 0 radical (unpaired) electrons. The molecule has 0 fully saturated rings. The summed E-state index contributed by atoms with van der Waals surface area (Å²) in [7, 11) is 7.30. The normalized spacial score (nSPS) is 10.9. The minimum Gasteiger partial charge on any atom is -0.491 e. The van der Waals surface area contributed by atoms with Crippen molar-refractivity contribution in [1.82, 2.24) is 19.9 Å². The number of rotatable bonds is 7. The summed E-state index contributed by atoms with van der Waals surface area (Å²) in [6.07, 6.45) is 4.95. The zero-order chi connectivity index (χ0) is 23.7. The third-order valence-corrected chi connectivity index (χ3v) is 7.33. The zero-order valence-corrected chi connectivity index (χ0v) is 20.7. The zero-order valence-electron chi connectivity index (χ0n) is 19.1. The molecule has 1 aromatic carbocycles. The van der Waals surface area contributed by atoms with Crippen molar-refractivity contribution in [1.29, 1.82) is 0 Å². The van der Waals surface area contributed by atoms with Crippen LogP contribution in [-0.4, -0.2) is 48.3 Å². The number of aromatic nitrogens is 4. The fraction of sp³-hybridized carbons (Fsp3) is 0.167. The maximum atomic E-state index is 5.98. The molecule has 0 saturated carbocycles. The first kappa shape index (κ1) is 22.1. The van der Waals surface area contributed by atoms with E-state index in [-0.39, 0.29) is 0 Å². The SMILES string of the molecule is COc1c(N(C)c2cccs2)cc(-c2ncc3nccnc3n2)c(N(C)c2cccs2)c1OC. The van der Waals surface area contributed by atoms with Crippen LogP contribution in [0.5, 0.6) is 11.5 Å². The number of fused-ring (bicyclic) bond motifs is 1. The maximum absolute atomic E-state index is 5.98. The molecule has 0 aliphatic rings. The van der Waals surface area contributed by atoms with Gasteiger partial charge >= 0.3 is 0 Å². The molecule has 172 valence electrons. The summed E-state index contributed by atoms with van der Waals surface area (Å²) in [5.74, 6) is 1.74. The number of methoxy groups -OCH3 is 2. The van der Waals surface area contributed by atoms with Crippen LogP contribution < -0.4 is 19.3 Å². The van der Waals surface area contributed by atoms with Crippen LogP contribution in [-0.2, 0) is 0 Å². The second-order valence-corrected chi connectivity index (χ2v) is 9.19. The summed E-state index contributed by atoms with van der Waals surface area (Å²) in [6, 6.07) is 10.2. The first-order valence-electron chi connectivity index (χ1n) is 10.4. The molecule has 0 saturated heterocycles. The maximum Gasteiger partial charge on any atom is 0.187 e. The van der Waals surface area contributed by atoms with Crippen LogP contribution in [0.15, 0.2) is 59.7 Å². The van der Waals surface area contributed by atoms with Gasteiger partial charge < -0.3 is 19.3 Å². The molecule has 0 spiro atoms. The van der Waals surface area contributed by atoms with E-state index >= 15 is 0 Å². The third kappa shape index (κ3) is 3.80. The van der Waals surface area contributed by atoms with E-state index in [9.17, 15) is 0 Å². The van der Waals surface area contributed by atoms with E-state index in [0.717, 1.165) is 26.9 Å². The average Bonchev–Trinajstić information content (AvgIpc) is 3.61. The van der Waals surface area contributed by atoms with Gasteiger partial charge in [0.1, 0.15) is 5.52 Å². The van der Waals surface area contributed by atoms with Gasteiger partial charge in [-0.3, -0.25) is 0 Å². The molecule has 5 aromatic rings. The van der Waals surface area contributed by atoms with Crippen LogP contribution in [0, 0.1) is 0 Å². The fourth-order valence-corrected chi connectivity index (χ4v) is 5.22. The first-order chi connectivity index (χ1) is 16.6. The summed E-state index contributed by atoms with van der Waals surface area (Å²) in [6.45, 7) is 0. The highest BCUT2D eigenvalue weighted by Crippen LogP contribution is 2.52. The largest absolute Gasteiger partial charge is 0.491 e. The highest BCUT2D eigenvalue weighted by atomic mass is 32.1. The molecule has 10 heteroatoms. The van der Waals surface area contributed by atoms with E-state index in [0.29, 0.717) is 28.5 Å². The van der Waals surface area contributed by atoms with Crippen molar-refractivity contribution in [3.05, 3.63) is 59.7 Å². The van der Waals surface area contributed by atoms with Crippen LogP contribution in [0.1, 0.15) is 0 Å². The Hall–Kier alpha value is -3.76. The van der Waals surface area contributed by atoms with Crippen LogP contribution in [0.25, 0.3) is 22.6 Å². The number of benzene rings is 1. The molecule has 5 rings (SSSR count). The number of ether oxygens (including phenoxy) is 2. The molecule has 0 N–H and O–H groups in total. The molecule has 0 atom stereocenters. The van der Waals surface area contributed by atoms with Gasteiger partial charge in [0.05, 0.1) is 41.8 Å². The summed E-state index contributed by atoms with van der Waals surface area (Å²) >= 11 is 3.27. The lowest BCUT2D eigenvalue weighted by atomic mass is 10.1. The fourth-order valence-electron chi connectivity index (χ4n) is 3.81. The van der Waals surface area contributed by atoms with Crippen molar-refractivity contribution in [2.45, 2.75) is 0 Å². The molecule has 0 unspecified atom stereocenters. The molecule has 4 aromatic heterocycles. The molecular weight excluding hydrogens is 468 g/mol. The van der Waals surface area contributed by atoms with Gasteiger partial charge in [0.2, 0.25) is 0 Å². The lowest BCUT2D eigenvalue weighted by molar-refractivity contribution is 0.356. The summed E-state index contributed by atoms with van der Waals surface area (Å²) in [5.41, 5.74) is 3.59. The smallest absolute Gasteiger partial charge is 0.187 e. The van der Waals surface area contributed by atoms with E-state index in [1.54, 1.807) is 55.5 Å². The highest BCUT2D eigenvalue weighted by Gasteiger charge is 2.28. The number of thiophene rings is 2. The number of anilines is 4. The molecule has 34 heavy (non-hydrogen) atoms. The van der Waals surface area contributed by atoms with Crippen molar-refractivity contribution < 1.29 is 9.47 Å². The molecular formula is C24H22N6O2S2. The first-order valence-corrected chi connectivity index (χ1v) is 12.2. The van der Waals surface area contributed by atoms with Crippen molar-refractivity contribution in [3.63, 3.8) is 0 Å². The Kier molecular flexibility index (Phi) is 5.99. The van der Waals surface area contributed by atoms with Crippen LogP contribution >= 0.6 is 22.7 Å². The Morgan fingerprint density at radius 1 is 0.824 bits per heavy atom. The molecule has 0 amide bonds. The van der Waals surface area contributed by atoms with Crippen LogP contribution in [0.3, 0.4) is 0 Å². The highest BCUT2D eigenvalue weighted by molar-refractivity contribution is 7.14. The molecule has 0 aliphatic heterocycles. The predicted molar refractivity (Wildman–Crippen MR) is 138 cm³/mol. The van der Waals surface area contributed by atoms with E-state index in [1.807, 2.05) is 43.1 Å². The molecule has 0 bridgehead atoms. The molecule has 0 aliphatic carbocycles.